The molecule has 1 amide bonds. The zero-order valence-electron chi connectivity index (χ0n) is 13.6. The van der Waals surface area contributed by atoms with Gasteiger partial charge in [0.15, 0.2) is 0 Å². The highest BCUT2D eigenvalue weighted by molar-refractivity contribution is 5.76. The van der Waals surface area contributed by atoms with E-state index >= 15 is 0 Å². The number of aryl methyl sites for hydroxylation is 1. The van der Waals surface area contributed by atoms with E-state index in [-0.39, 0.29) is 29.9 Å². The van der Waals surface area contributed by atoms with Crippen molar-refractivity contribution in [1.82, 2.24) is 15.1 Å². The Morgan fingerprint density at radius 2 is 2.04 bits per heavy atom. The van der Waals surface area contributed by atoms with Crippen molar-refractivity contribution in [1.29, 1.82) is 5.26 Å². The molecule has 0 bridgehead atoms. The van der Waals surface area contributed by atoms with Gasteiger partial charge < -0.3 is 5.32 Å². The van der Waals surface area contributed by atoms with Crippen LogP contribution < -0.4 is 5.32 Å². The summed E-state index contributed by atoms with van der Waals surface area (Å²) in [4.78, 5) is 22.7. The molecule has 0 radical (unpaired) electrons. The number of nitriles is 1. The molecule has 0 aliphatic heterocycles. The second kappa shape index (κ2) is 6.91. The monoisotopic (exact) mass is 327 g/mol. The van der Waals surface area contributed by atoms with Crippen molar-refractivity contribution in [3.05, 3.63) is 56.9 Å². The average Bonchev–Trinajstić information content (AvgIpc) is 2.81. The number of rotatable bonds is 5. The van der Waals surface area contributed by atoms with Crippen LogP contribution in [0.3, 0.4) is 0 Å². The highest BCUT2D eigenvalue weighted by atomic mass is 16.6. The Morgan fingerprint density at radius 3 is 2.54 bits per heavy atom. The first kappa shape index (κ1) is 17.1. The van der Waals surface area contributed by atoms with E-state index < -0.39 is 4.92 Å². The summed E-state index contributed by atoms with van der Waals surface area (Å²) >= 11 is 0. The third kappa shape index (κ3) is 3.57. The summed E-state index contributed by atoms with van der Waals surface area (Å²) in [7, 11) is 0. The first-order chi connectivity index (χ1) is 11.3. The topological polar surface area (TPSA) is 114 Å². The first-order valence-corrected chi connectivity index (χ1v) is 7.31. The zero-order chi connectivity index (χ0) is 17.9. The third-order valence-corrected chi connectivity index (χ3v) is 3.74. The molecule has 2 rings (SSSR count). The van der Waals surface area contributed by atoms with Gasteiger partial charge in [-0.15, -0.1) is 0 Å². The van der Waals surface area contributed by atoms with E-state index in [0.717, 1.165) is 5.56 Å². The molecule has 1 aromatic heterocycles. The number of benzene rings is 1. The van der Waals surface area contributed by atoms with Crippen molar-refractivity contribution in [3.63, 3.8) is 0 Å². The molecule has 0 fully saturated rings. The molecule has 1 aromatic carbocycles. The van der Waals surface area contributed by atoms with Gasteiger partial charge in [0.1, 0.15) is 17.9 Å². The van der Waals surface area contributed by atoms with Gasteiger partial charge in [-0.25, -0.2) is 0 Å². The second-order valence-electron chi connectivity index (χ2n) is 5.46. The fraction of sp³-hybridized carbons (Fsp3) is 0.312. The zero-order valence-corrected chi connectivity index (χ0v) is 13.6. The normalized spacial score (nSPS) is 11.6. The largest absolute Gasteiger partial charge is 0.348 e. The van der Waals surface area contributed by atoms with Crippen molar-refractivity contribution in [2.24, 2.45) is 0 Å². The SMILES string of the molecule is Cc1nn(CC(=O)NC(C)c2ccc(C#N)cc2)c(C)c1[N+](=O)[O-]. The minimum absolute atomic E-state index is 0.0667. The molecule has 0 aliphatic carbocycles. The van der Waals surface area contributed by atoms with Crippen LogP contribution in [0.4, 0.5) is 5.69 Å². The number of hydrogen-bond acceptors (Lipinski definition) is 5. The number of nitrogens with zero attached hydrogens (tertiary/aromatic N) is 4. The molecular formula is C16H17N5O3. The Hall–Kier alpha value is -3.21. The molecule has 0 aliphatic rings. The van der Waals surface area contributed by atoms with E-state index in [4.69, 9.17) is 5.26 Å². The third-order valence-electron chi connectivity index (χ3n) is 3.74. The molecule has 124 valence electrons. The maximum absolute atomic E-state index is 12.2. The van der Waals surface area contributed by atoms with Crippen LogP contribution in [-0.4, -0.2) is 20.6 Å². The van der Waals surface area contributed by atoms with Crippen molar-refractivity contribution < 1.29 is 9.72 Å². The molecule has 8 nitrogen and oxygen atoms in total. The lowest BCUT2D eigenvalue weighted by molar-refractivity contribution is -0.386. The Kier molecular flexibility index (Phi) is 4.94. The average molecular weight is 327 g/mol. The highest BCUT2D eigenvalue weighted by Gasteiger charge is 2.23. The van der Waals surface area contributed by atoms with Gasteiger partial charge in [0.05, 0.1) is 22.6 Å². The van der Waals surface area contributed by atoms with Crippen LogP contribution in [0.2, 0.25) is 0 Å². The molecule has 1 unspecified atom stereocenters. The molecule has 2 aromatic rings. The summed E-state index contributed by atoms with van der Waals surface area (Å²) < 4.78 is 1.33. The molecule has 0 spiro atoms. The second-order valence-corrected chi connectivity index (χ2v) is 5.46. The lowest BCUT2D eigenvalue weighted by Crippen LogP contribution is -2.30. The predicted molar refractivity (Wildman–Crippen MR) is 86.1 cm³/mol. The maximum Gasteiger partial charge on any atom is 0.312 e. The molecular weight excluding hydrogens is 310 g/mol. The smallest absolute Gasteiger partial charge is 0.312 e. The fourth-order valence-corrected chi connectivity index (χ4v) is 2.46. The van der Waals surface area contributed by atoms with Gasteiger partial charge in [0, 0.05) is 0 Å². The van der Waals surface area contributed by atoms with Gasteiger partial charge in [-0.2, -0.15) is 10.4 Å². The van der Waals surface area contributed by atoms with Gasteiger partial charge in [-0.05, 0) is 38.5 Å². The minimum Gasteiger partial charge on any atom is -0.348 e. The van der Waals surface area contributed by atoms with E-state index in [0.29, 0.717) is 11.3 Å². The predicted octanol–water partition coefficient (Wildman–Crippen LogP) is 2.16. The lowest BCUT2D eigenvalue weighted by atomic mass is 10.1. The molecule has 1 atom stereocenters. The van der Waals surface area contributed by atoms with Gasteiger partial charge in [0.25, 0.3) is 0 Å². The van der Waals surface area contributed by atoms with Crippen LogP contribution >= 0.6 is 0 Å². The number of hydrogen-bond donors (Lipinski definition) is 1. The Balaban J connectivity index is 2.06. The summed E-state index contributed by atoms with van der Waals surface area (Å²) in [5.74, 6) is -0.299. The summed E-state index contributed by atoms with van der Waals surface area (Å²) in [6.45, 7) is 4.83. The highest BCUT2D eigenvalue weighted by Crippen LogP contribution is 2.21. The van der Waals surface area contributed by atoms with Crippen molar-refractivity contribution >= 4 is 11.6 Å². The number of carbonyl (C=O) groups is 1. The Morgan fingerprint density at radius 1 is 1.42 bits per heavy atom. The van der Waals surface area contributed by atoms with Crippen LogP contribution in [-0.2, 0) is 11.3 Å². The van der Waals surface area contributed by atoms with Crippen LogP contribution in [0.25, 0.3) is 0 Å². The van der Waals surface area contributed by atoms with E-state index in [9.17, 15) is 14.9 Å². The van der Waals surface area contributed by atoms with Crippen molar-refractivity contribution in [2.45, 2.75) is 33.4 Å². The fourth-order valence-electron chi connectivity index (χ4n) is 2.46. The van der Waals surface area contributed by atoms with Crippen molar-refractivity contribution in [3.8, 4) is 6.07 Å². The van der Waals surface area contributed by atoms with Crippen LogP contribution in [0.15, 0.2) is 24.3 Å². The van der Waals surface area contributed by atoms with Gasteiger partial charge in [-0.3, -0.25) is 19.6 Å². The molecule has 1 N–H and O–H groups in total. The Labute approximate surface area is 138 Å². The number of nitro groups is 1. The van der Waals surface area contributed by atoms with Crippen LogP contribution in [0, 0.1) is 35.3 Å². The molecule has 24 heavy (non-hydrogen) atoms. The molecule has 1 heterocycles. The van der Waals surface area contributed by atoms with E-state index in [1.165, 1.54) is 4.68 Å². The van der Waals surface area contributed by atoms with Gasteiger partial charge >= 0.3 is 5.69 Å². The lowest BCUT2D eigenvalue weighted by Gasteiger charge is -2.14. The van der Waals surface area contributed by atoms with Gasteiger partial charge in [0.2, 0.25) is 5.91 Å². The maximum atomic E-state index is 12.2. The summed E-state index contributed by atoms with van der Waals surface area (Å²) in [6.07, 6.45) is 0. The van der Waals surface area contributed by atoms with Crippen LogP contribution in [0.5, 0.6) is 0 Å². The number of amides is 1. The molecule has 0 saturated heterocycles. The number of carbonyl (C=O) groups excluding carboxylic acids is 1. The van der Waals surface area contributed by atoms with E-state index in [1.807, 2.05) is 13.0 Å². The van der Waals surface area contributed by atoms with Gasteiger partial charge in [-0.1, -0.05) is 12.1 Å². The number of nitrogens with one attached hydrogen (secondary N) is 1. The van der Waals surface area contributed by atoms with Crippen molar-refractivity contribution in [2.75, 3.05) is 0 Å². The minimum atomic E-state index is -0.495. The summed E-state index contributed by atoms with van der Waals surface area (Å²) in [5.41, 5.74) is 1.97. The molecule has 0 saturated carbocycles. The first-order valence-electron chi connectivity index (χ1n) is 7.31. The van der Waals surface area contributed by atoms with E-state index in [1.54, 1.807) is 38.1 Å². The number of aromatic nitrogens is 2. The van der Waals surface area contributed by atoms with E-state index in [2.05, 4.69) is 10.4 Å². The standard InChI is InChI=1S/C16H17N5O3/c1-10(14-6-4-13(8-17)5-7-14)18-15(22)9-20-12(3)16(21(23)24)11(2)19-20/h4-7,10H,9H2,1-3H3,(H,18,22). The van der Waals surface area contributed by atoms with Crippen LogP contribution in [0.1, 0.15) is 35.5 Å². The summed E-state index contributed by atoms with van der Waals surface area (Å²) in [6, 6.07) is 8.70. The quantitative estimate of drug-likeness (QED) is 0.667. The molecule has 8 heteroatoms. The summed E-state index contributed by atoms with van der Waals surface area (Å²) in [5, 5.41) is 26.6. The Bertz CT molecular complexity index is 817.